The molecule has 1 fully saturated rings. The van der Waals surface area contributed by atoms with E-state index >= 15 is 0 Å². The van der Waals surface area contributed by atoms with Crippen molar-refractivity contribution in [3.05, 3.63) is 0 Å². The van der Waals surface area contributed by atoms with Gasteiger partial charge in [0, 0.05) is 12.6 Å². The summed E-state index contributed by atoms with van der Waals surface area (Å²) in [5.74, 6) is 0.780. The van der Waals surface area contributed by atoms with Crippen LogP contribution in [0.2, 0.25) is 10.6 Å². The summed E-state index contributed by atoms with van der Waals surface area (Å²) in [5.41, 5.74) is 0. The molecule has 0 amide bonds. The highest BCUT2D eigenvalue weighted by Gasteiger charge is 2.28. The molecule has 106 valence electrons. The van der Waals surface area contributed by atoms with Crippen molar-refractivity contribution in [2.45, 2.75) is 70.0 Å². The fourth-order valence-corrected chi connectivity index (χ4v) is 5.78. The number of hydrogen-bond donors (Lipinski definition) is 0. The summed E-state index contributed by atoms with van der Waals surface area (Å²) in [4.78, 5) is 2.59. The molecule has 18 heavy (non-hydrogen) atoms. The second kappa shape index (κ2) is 9.37. The van der Waals surface area contributed by atoms with Crippen LogP contribution in [0.3, 0.4) is 0 Å². The van der Waals surface area contributed by atoms with Gasteiger partial charge in [0.1, 0.15) is 0 Å². The molecule has 0 aromatic carbocycles. The zero-order valence-corrected chi connectivity index (χ0v) is 14.1. The predicted molar refractivity (Wildman–Crippen MR) is 81.3 cm³/mol. The molecule has 0 bridgehead atoms. The molecule has 1 aliphatic heterocycles. The van der Waals surface area contributed by atoms with Crippen LogP contribution in [0.15, 0.2) is 0 Å². The van der Waals surface area contributed by atoms with Crippen LogP contribution in [0.1, 0.15) is 53.4 Å². The van der Waals surface area contributed by atoms with Crippen LogP contribution in [0.5, 0.6) is 0 Å². The van der Waals surface area contributed by atoms with E-state index in [-0.39, 0.29) is 0 Å². The van der Waals surface area contributed by atoms with Gasteiger partial charge in [0.05, 0.1) is 0 Å². The van der Waals surface area contributed by atoms with Crippen molar-refractivity contribution in [1.82, 2.24) is 4.90 Å². The van der Waals surface area contributed by atoms with E-state index in [0.717, 1.165) is 5.92 Å². The maximum absolute atomic E-state index is 6.48. The highest BCUT2D eigenvalue weighted by Crippen LogP contribution is 2.23. The first-order valence-electron chi connectivity index (χ1n) is 8.09. The van der Waals surface area contributed by atoms with Gasteiger partial charge >= 0.3 is 14.5 Å². The van der Waals surface area contributed by atoms with Crippen molar-refractivity contribution in [3.8, 4) is 0 Å². The fraction of sp³-hybridized carbons (Fsp3) is 1.00. The van der Waals surface area contributed by atoms with Crippen molar-refractivity contribution in [2.24, 2.45) is 5.92 Å². The van der Waals surface area contributed by atoms with Gasteiger partial charge in [0.2, 0.25) is 0 Å². The molecule has 0 N–H and O–H groups in total. The Labute approximate surface area is 119 Å². The highest BCUT2D eigenvalue weighted by molar-refractivity contribution is 6.51. The van der Waals surface area contributed by atoms with Gasteiger partial charge in [0.15, 0.2) is 0 Å². The number of nitrogens with zero attached hydrogens (tertiary/aromatic N) is 1. The average Bonchev–Trinajstić information content (AvgIpc) is 2.39. The molecular formula is C15H32AlNO. The molecule has 0 radical (unpaired) electrons. The third-order valence-corrected chi connectivity index (χ3v) is 7.54. The van der Waals surface area contributed by atoms with E-state index in [1.54, 1.807) is 0 Å². The van der Waals surface area contributed by atoms with Crippen LogP contribution in [0.25, 0.3) is 0 Å². The van der Waals surface area contributed by atoms with E-state index in [0.29, 0.717) is 6.10 Å². The minimum Gasteiger partial charge on any atom is -0.498 e. The Kier molecular flexibility index (Phi) is 8.59. The summed E-state index contributed by atoms with van der Waals surface area (Å²) < 4.78 is 6.48. The van der Waals surface area contributed by atoms with Crippen LogP contribution >= 0.6 is 0 Å². The first kappa shape index (κ1) is 16.5. The van der Waals surface area contributed by atoms with E-state index in [1.807, 2.05) is 0 Å². The fourth-order valence-electron chi connectivity index (χ4n) is 3.10. The topological polar surface area (TPSA) is 12.5 Å². The lowest BCUT2D eigenvalue weighted by molar-refractivity contribution is 0.0789. The van der Waals surface area contributed by atoms with Crippen molar-refractivity contribution >= 4 is 14.5 Å². The third kappa shape index (κ3) is 5.61. The predicted octanol–water partition coefficient (Wildman–Crippen LogP) is 3.93. The molecule has 0 aromatic heterocycles. The molecule has 2 atom stereocenters. The van der Waals surface area contributed by atoms with Crippen LogP contribution in [0.4, 0.5) is 0 Å². The van der Waals surface area contributed by atoms with Gasteiger partial charge in [-0.05, 0) is 38.8 Å². The minimum atomic E-state index is -0.910. The van der Waals surface area contributed by atoms with Crippen molar-refractivity contribution < 1.29 is 3.79 Å². The van der Waals surface area contributed by atoms with Gasteiger partial charge in [-0.3, -0.25) is 0 Å². The van der Waals surface area contributed by atoms with Crippen molar-refractivity contribution in [2.75, 3.05) is 19.6 Å². The van der Waals surface area contributed by atoms with E-state index in [1.165, 1.54) is 55.9 Å². The number of piperidine rings is 1. The molecule has 1 rings (SSSR count). The lowest BCUT2D eigenvalue weighted by Gasteiger charge is -2.36. The van der Waals surface area contributed by atoms with Crippen molar-refractivity contribution in [3.63, 3.8) is 0 Å². The number of rotatable bonds is 8. The summed E-state index contributed by atoms with van der Waals surface area (Å²) in [6.45, 7) is 13.0. The summed E-state index contributed by atoms with van der Waals surface area (Å²) in [5, 5.41) is 2.73. The largest absolute Gasteiger partial charge is 0.498 e. The molecule has 1 aliphatic rings. The Morgan fingerprint density at radius 2 is 1.89 bits per heavy atom. The molecule has 0 spiro atoms. The lowest BCUT2D eigenvalue weighted by atomic mass is 9.93. The third-order valence-electron chi connectivity index (χ3n) is 4.28. The summed E-state index contributed by atoms with van der Waals surface area (Å²) in [7, 11) is 0. The lowest BCUT2D eigenvalue weighted by Crippen LogP contribution is -2.41. The van der Waals surface area contributed by atoms with Crippen LogP contribution < -0.4 is 0 Å². The average molecular weight is 269 g/mol. The Hall–Kier alpha value is 0.452. The molecule has 0 aliphatic carbocycles. The first-order chi connectivity index (χ1) is 8.71. The molecule has 2 unspecified atom stereocenters. The Morgan fingerprint density at radius 1 is 1.22 bits per heavy atom. The SMILES string of the molecule is CC[CH2][Al]([CH2]CC)[O]C(C)C1CCCN(CC)C1. The normalized spacial score (nSPS) is 23.0. The Bertz CT molecular complexity index is 207. The quantitative estimate of drug-likeness (QED) is 0.619. The molecule has 1 saturated heterocycles. The van der Waals surface area contributed by atoms with Gasteiger partial charge in [-0.1, -0.05) is 44.2 Å². The molecular weight excluding hydrogens is 237 g/mol. The maximum Gasteiger partial charge on any atom is 0.460 e. The second-order valence-electron chi connectivity index (χ2n) is 5.84. The van der Waals surface area contributed by atoms with E-state index in [9.17, 15) is 0 Å². The van der Waals surface area contributed by atoms with E-state index in [4.69, 9.17) is 3.79 Å². The molecule has 0 aromatic rings. The molecule has 3 heteroatoms. The van der Waals surface area contributed by atoms with E-state index in [2.05, 4.69) is 32.6 Å². The Morgan fingerprint density at radius 3 is 2.44 bits per heavy atom. The summed E-state index contributed by atoms with van der Waals surface area (Å²) >= 11 is -0.910. The standard InChI is InChI=1S/C9H18NO.2C3H7.Al/c1-3-10-6-4-5-9(7-10)8(2)11;2*1-3-2;/h8-9H,3-7H2,1-2H3;2*1,3H2,2H3;/q-1;;;+1. The maximum atomic E-state index is 6.48. The van der Waals surface area contributed by atoms with Crippen LogP contribution in [-0.4, -0.2) is 45.1 Å². The molecule has 0 saturated carbocycles. The Balaban J connectivity index is 2.39. The van der Waals surface area contributed by atoms with Gasteiger partial charge in [-0.25, -0.2) is 0 Å². The summed E-state index contributed by atoms with van der Waals surface area (Å²) in [6.07, 6.45) is 5.83. The van der Waals surface area contributed by atoms with Gasteiger partial charge in [-0.15, -0.1) is 0 Å². The van der Waals surface area contributed by atoms with Crippen LogP contribution in [0, 0.1) is 5.92 Å². The zero-order chi connectivity index (χ0) is 13.4. The minimum absolute atomic E-state index is 0.495. The molecule has 2 nitrogen and oxygen atoms in total. The highest BCUT2D eigenvalue weighted by atomic mass is 27.2. The van der Waals surface area contributed by atoms with E-state index < -0.39 is 14.5 Å². The van der Waals surface area contributed by atoms with Gasteiger partial charge in [-0.2, -0.15) is 0 Å². The first-order valence-corrected chi connectivity index (χ1v) is 10.2. The number of likely N-dealkylation sites (tertiary alicyclic amines) is 1. The van der Waals surface area contributed by atoms with Gasteiger partial charge < -0.3 is 8.69 Å². The smallest absolute Gasteiger partial charge is 0.460 e. The zero-order valence-electron chi connectivity index (χ0n) is 13.0. The molecule has 1 heterocycles. The van der Waals surface area contributed by atoms with Gasteiger partial charge in [0.25, 0.3) is 0 Å². The number of hydrogen-bond acceptors (Lipinski definition) is 2. The summed E-state index contributed by atoms with van der Waals surface area (Å²) in [6, 6.07) is 0. The monoisotopic (exact) mass is 269 g/mol. The van der Waals surface area contributed by atoms with Crippen molar-refractivity contribution in [1.29, 1.82) is 0 Å². The second-order valence-corrected chi connectivity index (χ2v) is 8.51. The van der Waals surface area contributed by atoms with Crippen LogP contribution in [-0.2, 0) is 3.79 Å².